The molecule has 0 rings (SSSR count). The van der Waals surface area contributed by atoms with Crippen LogP contribution in [0.3, 0.4) is 0 Å². The van der Waals surface area contributed by atoms with Crippen molar-refractivity contribution in [3.05, 3.63) is 0 Å². The highest BCUT2D eigenvalue weighted by Crippen LogP contribution is 2.07. The lowest BCUT2D eigenvalue weighted by atomic mass is 10.1. The molecule has 0 heterocycles. The van der Waals surface area contributed by atoms with Gasteiger partial charge < -0.3 is 10.1 Å². The molecule has 1 unspecified atom stereocenters. The Balaban J connectivity index is 2.98. The van der Waals surface area contributed by atoms with Gasteiger partial charge in [0, 0.05) is 13.7 Å². The minimum absolute atomic E-state index is 0.106. The smallest absolute Gasteiger partial charge is 0.0693 e. The van der Waals surface area contributed by atoms with Gasteiger partial charge in [-0.2, -0.15) is 0 Å². The second kappa shape index (κ2) is 14.3. The van der Waals surface area contributed by atoms with Crippen LogP contribution in [0.2, 0.25) is 0 Å². The standard InChI is InChI=1S/C14H30ClNO/c1-3-4-5-6-7-8-9-10-11-16-12-14(15)13-17-2/h14,16H,3-13H2,1-2H3. The van der Waals surface area contributed by atoms with E-state index in [-0.39, 0.29) is 5.38 Å². The van der Waals surface area contributed by atoms with Gasteiger partial charge in [-0.1, -0.05) is 51.9 Å². The molecule has 0 aromatic heterocycles. The molecule has 0 fully saturated rings. The molecule has 0 amide bonds. The van der Waals surface area contributed by atoms with Gasteiger partial charge >= 0.3 is 0 Å². The number of halogens is 1. The number of alkyl halides is 1. The minimum Gasteiger partial charge on any atom is -0.383 e. The van der Waals surface area contributed by atoms with E-state index in [1.54, 1.807) is 7.11 Å². The lowest BCUT2D eigenvalue weighted by Gasteiger charge is -2.09. The largest absolute Gasteiger partial charge is 0.383 e. The molecule has 0 aromatic rings. The molecule has 3 heteroatoms. The molecule has 17 heavy (non-hydrogen) atoms. The fourth-order valence-corrected chi connectivity index (χ4v) is 2.12. The summed E-state index contributed by atoms with van der Waals surface area (Å²) in [6.45, 7) is 4.83. The van der Waals surface area contributed by atoms with Crippen molar-refractivity contribution in [3.8, 4) is 0 Å². The Morgan fingerprint density at radius 3 is 2.18 bits per heavy atom. The molecule has 1 N–H and O–H groups in total. The Morgan fingerprint density at radius 2 is 1.59 bits per heavy atom. The molecule has 0 aliphatic heterocycles. The number of nitrogens with one attached hydrogen (secondary N) is 1. The first kappa shape index (κ1) is 17.2. The summed E-state index contributed by atoms with van der Waals surface area (Å²) in [5.74, 6) is 0. The zero-order valence-corrected chi connectivity index (χ0v) is 12.4. The molecule has 2 nitrogen and oxygen atoms in total. The number of methoxy groups -OCH3 is 1. The predicted molar refractivity (Wildman–Crippen MR) is 77.0 cm³/mol. The Bertz CT molecular complexity index is 144. The third kappa shape index (κ3) is 14.1. The third-order valence-corrected chi connectivity index (χ3v) is 3.20. The minimum atomic E-state index is 0.106. The van der Waals surface area contributed by atoms with Crippen molar-refractivity contribution in [1.29, 1.82) is 0 Å². The Hall–Kier alpha value is 0.210. The summed E-state index contributed by atoms with van der Waals surface area (Å²) < 4.78 is 4.97. The number of rotatable bonds is 13. The molecular formula is C14H30ClNO. The molecule has 104 valence electrons. The van der Waals surface area contributed by atoms with Crippen molar-refractivity contribution in [3.63, 3.8) is 0 Å². The fourth-order valence-electron chi connectivity index (χ4n) is 1.88. The molecule has 0 aromatic carbocycles. The zero-order chi connectivity index (χ0) is 12.8. The van der Waals surface area contributed by atoms with Gasteiger partial charge in [-0.25, -0.2) is 0 Å². The van der Waals surface area contributed by atoms with Crippen LogP contribution in [0.25, 0.3) is 0 Å². The molecule has 0 aliphatic carbocycles. The van der Waals surface area contributed by atoms with Crippen LogP contribution in [0.5, 0.6) is 0 Å². The van der Waals surface area contributed by atoms with Gasteiger partial charge in [-0.3, -0.25) is 0 Å². The van der Waals surface area contributed by atoms with E-state index < -0.39 is 0 Å². The molecule has 0 saturated carbocycles. The molecule has 0 radical (unpaired) electrons. The quantitative estimate of drug-likeness (QED) is 0.401. The van der Waals surface area contributed by atoms with Crippen molar-refractivity contribution in [1.82, 2.24) is 5.32 Å². The van der Waals surface area contributed by atoms with Crippen LogP contribution in [0, 0.1) is 0 Å². The second-order valence-electron chi connectivity index (χ2n) is 4.73. The van der Waals surface area contributed by atoms with Crippen molar-refractivity contribution in [2.24, 2.45) is 0 Å². The second-order valence-corrected chi connectivity index (χ2v) is 5.35. The maximum absolute atomic E-state index is 6.00. The van der Waals surface area contributed by atoms with E-state index in [1.165, 1.54) is 51.4 Å². The van der Waals surface area contributed by atoms with Crippen molar-refractivity contribution in [2.75, 3.05) is 26.8 Å². The number of hydrogen-bond donors (Lipinski definition) is 1. The van der Waals surface area contributed by atoms with Crippen LogP contribution in [0.15, 0.2) is 0 Å². The van der Waals surface area contributed by atoms with Crippen LogP contribution in [0.1, 0.15) is 58.3 Å². The van der Waals surface area contributed by atoms with E-state index in [0.717, 1.165) is 13.1 Å². The van der Waals surface area contributed by atoms with Gasteiger partial charge in [0.25, 0.3) is 0 Å². The van der Waals surface area contributed by atoms with Crippen LogP contribution in [0.4, 0.5) is 0 Å². The Kier molecular flexibility index (Phi) is 14.4. The number of unbranched alkanes of at least 4 members (excludes halogenated alkanes) is 7. The first-order valence-electron chi connectivity index (χ1n) is 7.15. The summed E-state index contributed by atoms with van der Waals surface area (Å²) in [4.78, 5) is 0. The first-order valence-corrected chi connectivity index (χ1v) is 7.58. The summed E-state index contributed by atoms with van der Waals surface area (Å²) in [7, 11) is 1.69. The van der Waals surface area contributed by atoms with Crippen LogP contribution < -0.4 is 5.32 Å². The maximum Gasteiger partial charge on any atom is 0.0693 e. The van der Waals surface area contributed by atoms with Crippen molar-refractivity contribution < 1.29 is 4.74 Å². The van der Waals surface area contributed by atoms with Crippen molar-refractivity contribution in [2.45, 2.75) is 63.7 Å². The topological polar surface area (TPSA) is 21.3 Å². The predicted octanol–water partition coefficient (Wildman–Crippen LogP) is 3.97. The number of ether oxygens (including phenoxy) is 1. The van der Waals surface area contributed by atoms with Gasteiger partial charge in [0.2, 0.25) is 0 Å². The average molecular weight is 264 g/mol. The highest BCUT2D eigenvalue weighted by Gasteiger charge is 2.01. The van der Waals surface area contributed by atoms with Gasteiger partial charge in [0.05, 0.1) is 12.0 Å². The van der Waals surface area contributed by atoms with Gasteiger partial charge in [0.15, 0.2) is 0 Å². The summed E-state index contributed by atoms with van der Waals surface area (Å²) in [5.41, 5.74) is 0. The average Bonchev–Trinajstić information content (AvgIpc) is 2.32. The number of hydrogen-bond acceptors (Lipinski definition) is 2. The van der Waals surface area contributed by atoms with E-state index >= 15 is 0 Å². The van der Waals surface area contributed by atoms with E-state index in [2.05, 4.69) is 12.2 Å². The first-order chi connectivity index (χ1) is 8.31. The third-order valence-electron chi connectivity index (χ3n) is 2.92. The molecule has 1 atom stereocenters. The summed E-state index contributed by atoms with van der Waals surface area (Å²) >= 11 is 6.00. The normalized spacial score (nSPS) is 12.9. The molecule has 0 saturated heterocycles. The van der Waals surface area contributed by atoms with Crippen LogP contribution in [-0.2, 0) is 4.74 Å². The zero-order valence-electron chi connectivity index (χ0n) is 11.6. The maximum atomic E-state index is 6.00. The summed E-state index contributed by atoms with van der Waals surface area (Å²) in [5, 5.41) is 3.47. The lowest BCUT2D eigenvalue weighted by molar-refractivity contribution is 0.197. The highest BCUT2D eigenvalue weighted by atomic mass is 35.5. The molecular weight excluding hydrogens is 234 g/mol. The molecule has 0 bridgehead atoms. The highest BCUT2D eigenvalue weighted by molar-refractivity contribution is 6.20. The van der Waals surface area contributed by atoms with Crippen molar-refractivity contribution >= 4 is 11.6 Å². The van der Waals surface area contributed by atoms with Crippen LogP contribution >= 0.6 is 11.6 Å². The van der Waals surface area contributed by atoms with E-state index in [1.807, 2.05) is 0 Å². The van der Waals surface area contributed by atoms with Gasteiger partial charge in [-0.15, -0.1) is 11.6 Å². The van der Waals surface area contributed by atoms with Gasteiger partial charge in [0.1, 0.15) is 0 Å². The van der Waals surface area contributed by atoms with E-state index in [4.69, 9.17) is 16.3 Å². The summed E-state index contributed by atoms with van der Waals surface area (Å²) in [6, 6.07) is 0. The Labute approximate surface area is 112 Å². The van der Waals surface area contributed by atoms with E-state index in [9.17, 15) is 0 Å². The molecule has 0 spiro atoms. The van der Waals surface area contributed by atoms with E-state index in [0.29, 0.717) is 6.61 Å². The lowest BCUT2D eigenvalue weighted by Crippen LogP contribution is -2.27. The van der Waals surface area contributed by atoms with Crippen LogP contribution in [-0.4, -0.2) is 32.2 Å². The summed E-state index contributed by atoms with van der Waals surface area (Å²) in [6.07, 6.45) is 11.0. The molecule has 0 aliphatic rings. The van der Waals surface area contributed by atoms with Gasteiger partial charge in [-0.05, 0) is 13.0 Å². The SMILES string of the molecule is CCCCCCCCCCNCC(Cl)COC. The fraction of sp³-hybridized carbons (Fsp3) is 1.00. The Morgan fingerprint density at radius 1 is 1.00 bits per heavy atom. The monoisotopic (exact) mass is 263 g/mol.